The summed E-state index contributed by atoms with van der Waals surface area (Å²) in [5.74, 6) is -0.724. The molecule has 108 valence electrons. The second kappa shape index (κ2) is 5.21. The molecule has 6 nitrogen and oxygen atoms in total. The van der Waals surface area contributed by atoms with Crippen LogP contribution in [0.5, 0.6) is 0 Å². The van der Waals surface area contributed by atoms with E-state index < -0.39 is 5.91 Å². The molecule has 3 rings (SSSR count). The Morgan fingerprint density at radius 1 is 1.52 bits per heavy atom. The van der Waals surface area contributed by atoms with Crippen molar-refractivity contribution < 1.29 is 9.59 Å². The lowest BCUT2D eigenvalue weighted by molar-refractivity contribution is 0.0895. The van der Waals surface area contributed by atoms with Crippen LogP contribution >= 0.6 is 11.6 Å². The topological polar surface area (TPSA) is 76.0 Å². The smallest absolute Gasteiger partial charge is 0.276 e. The van der Waals surface area contributed by atoms with E-state index in [2.05, 4.69) is 15.6 Å². The standard InChI is InChI=1S/C14H13ClN4O2/c1-8-6-19-7-16-11(12(19)14(21)17-8)13(20)18-10-4-2-3-9(15)5-10/h2-5,7-8H,6H2,1H3,(H,17,21)(H,18,20)/t8-/m1/s1. The first-order chi connectivity index (χ1) is 10.0. The van der Waals surface area contributed by atoms with E-state index in [9.17, 15) is 9.59 Å². The first-order valence-corrected chi connectivity index (χ1v) is 6.85. The number of fused-ring (bicyclic) bond motifs is 1. The molecule has 0 saturated heterocycles. The molecule has 1 aliphatic heterocycles. The molecule has 0 fully saturated rings. The number of hydrogen-bond donors (Lipinski definition) is 2. The first kappa shape index (κ1) is 13.6. The molecule has 2 heterocycles. The second-order valence-corrected chi connectivity index (χ2v) is 5.37. The molecule has 7 heteroatoms. The lowest BCUT2D eigenvalue weighted by Gasteiger charge is -2.22. The summed E-state index contributed by atoms with van der Waals surface area (Å²) < 4.78 is 1.69. The molecule has 0 aliphatic carbocycles. The second-order valence-electron chi connectivity index (χ2n) is 4.93. The van der Waals surface area contributed by atoms with Crippen molar-refractivity contribution in [1.82, 2.24) is 14.9 Å². The number of carbonyl (C=O) groups is 2. The summed E-state index contributed by atoms with van der Waals surface area (Å²) in [5.41, 5.74) is 0.950. The van der Waals surface area contributed by atoms with Crippen molar-refractivity contribution in [3.05, 3.63) is 47.0 Å². The molecule has 1 aliphatic rings. The predicted octanol–water partition coefficient (Wildman–Crippen LogP) is 1.92. The maximum Gasteiger partial charge on any atom is 0.276 e. The fourth-order valence-corrected chi connectivity index (χ4v) is 2.50. The lowest BCUT2D eigenvalue weighted by Crippen LogP contribution is -2.42. The molecule has 1 aromatic heterocycles. The zero-order valence-corrected chi connectivity index (χ0v) is 12.0. The van der Waals surface area contributed by atoms with Crippen LogP contribution in [0.3, 0.4) is 0 Å². The highest BCUT2D eigenvalue weighted by atomic mass is 35.5. The number of imidazole rings is 1. The molecule has 0 radical (unpaired) electrons. The summed E-state index contributed by atoms with van der Waals surface area (Å²) in [7, 11) is 0. The monoisotopic (exact) mass is 304 g/mol. The molecule has 21 heavy (non-hydrogen) atoms. The van der Waals surface area contributed by atoms with Gasteiger partial charge in [0.1, 0.15) is 5.69 Å². The summed E-state index contributed by atoms with van der Waals surface area (Å²) >= 11 is 5.87. The van der Waals surface area contributed by atoms with Crippen molar-refractivity contribution in [1.29, 1.82) is 0 Å². The van der Waals surface area contributed by atoms with Gasteiger partial charge in [0.25, 0.3) is 11.8 Å². The normalized spacial score (nSPS) is 17.0. The average molecular weight is 305 g/mol. The number of hydrogen-bond acceptors (Lipinski definition) is 3. The number of rotatable bonds is 2. The Kier molecular flexibility index (Phi) is 3.39. The quantitative estimate of drug-likeness (QED) is 0.890. The lowest BCUT2D eigenvalue weighted by atomic mass is 10.2. The van der Waals surface area contributed by atoms with Gasteiger partial charge in [0.2, 0.25) is 0 Å². The number of anilines is 1. The Labute approximate surface area is 126 Å². The van der Waals surface area contributed by atoms with Crippen LogP contribution in [0, 0.1) is 0 Å². The number of halogens is 1. The van der Waals surface area contributed by atoms with E-state index in [4.69, 9.17) is 11.6 Å². The van der Waals surface area contributed by atoms with Crippen LogP contribution in [0.25, 0.3) is 0 Å². The summed E-state index contributed by atoms with van der Waals surface area (Å²) in [6.07, 6.45) is 1.51. The Balaban J connectivity index is 1.88. The molecular formula is C14H13ClN4O2. The van der Waals surface area contributed by atoms with E-state index >= 15 is 0 Å². The van der Waals surface area contributed by atoms with Crippen molar-refractivity contribution in [2.45, 2.75) is 19.5 Å². The van der Waals surface area contributed by atoms with E-state index in [-0.39, 0.29) is 23.3 Å². The van der Waals surface area contributed by atoms with E-state index in [1.807, 2.05) is 6.92 Å². The molecule has 2 amide bonds. The third-order valence-electron chi connectivity index (χ3n) is 3.20. The van der Waals surface area contributed by atoms with Gasteiger partial charge in [0, 0.05) is 23.3 Å². The van der Waals surface area contributed by atoms with Gasteiger partial charge in [-0.1, -0.05) is 17.7 Å². The molecule has 1 atom stereocenters. The van der Waals surface area contributed by atoms with Crippen molar-refractivity contribution in [2.24, 2.45) is 0 Å². The highest BCUT2D eigenvalue weighted by Gasteiger charge is 2.28. The summed E-state index contributed by atoms with van der Waals surface area (Å²) in [4.78, 5) is 28.3. The van der Waals surface area contributed by atoms with Crippen molar-refractivity contribution in [3.63, 3.8) is 0 Å². The summed E-state index contributed by atoms with van der Waals surface area (Å²) in [5, 5.41) is 6.00. The van der Waals surface area contributed by atoms with Gasteiger partial charge in [-0.2, -0.15) is 0 Å². The molecule has 0 saturated carbocycles. The van der Waals surface area contributed by atoms with E-state index in [0.29, 0.717) is 17.3 Å². The Morgan fingerprint density at radius 2 is 2.33 bits per heavy atom. The van der Waals surface area contributed by atoms with Crippen LogP contribution in [0.1, 0.15) is 27.9 Å². The van der Waals surface area contributed by atoms with Crippen LogP contribution in [0.15, 0.2) is 30.6 Å². The molecule has 0 spiro atoms. The molecular weight excluding hydrogens is 292 g/mol. The highest BCUT2D eigenvalue weighted by Crippen LogP contribution is 2.18. The Morgan fingerprint density at radius 3 is 3.10 bits per heavy atom. The fraction of sp³-hybridized carbons (Fsp3) is 0.214. The molecule has 2 N–H and O–H groups in total. The minimum atomic E-state index is -0.435. The molecule has 2 aromatic rings. The van der Waals surface area contributed by atoms with Gasteiger partial charge in [-0.05, 0) is 25.1 Å². The van der Waals surface area contributed by atoms with E-state index in [0.717, 1.165) is 0 Å². The maximum atomic E-state index is 12.3. The minimum absolute atomic E-state index is 0.0167. The first-order valence-electron chi connectivity index (χ1n) is 6.47. The molecule has 0 unspecified atom stereocenters. The van der Waals surface area contributed by atoms with Crippen LogP contribution in [0.4, 0.5) is 5.69 Å². The zero-order valence-electron chi connectivity index (χ0n) is 11.3. The predicted molar refractivity (Wildman–Crippen MR) is 78.6 cm³/mol. The van der Waals surface area contributed by atoms with E-state index in [1.165, 1.54) is 6.33 Å². The van der Waals surface area contributed by atoms with Crippen molar-refractivity contribution >= 4 is 29.1 Å². The van der Waals surface area contributed by atoms with Crippen molar-refractivity contribution in [2.75, 3.05) is 5.32 Å². The van der Waals surface area contributed by atoms with Gasteiger partial charge in [0.05, 0.1) is 6.33 Å². The third-order valence-corrected chi connectivity index (χ3v) is 3.43. The van der Waals surface area contributed by atoms with Gasteiger partial charge in [0.15, 0.2) is 5.69 Å². The number of amides is 2. The van der Waals surface area contributed by atoms with Gasteiger partial charge in [-0.15, -0.1) is 0 Å². The van der Waals surface area contributed by atoms with Gasteiger partial charge >= 0.3 is 0 Å². The van der Waals surface area contributed by atoms with E-state index in [1.54, 1.807) is 28.8 Å². The summed E-state index contributed by atoms with van der Waals surface area (Å²) in [6.45, 7) is 2.49. The number of benzene rings is 1. The minimum Gasteiger partial charge on any atom is -0.346 e. The number of nitrogens with zero attached hydrogens (tertiary/aromatic N) is 2. The SMILES string of the molecule is C[C@@H]1Cn2cnc(C(=O)Nc3cccc(Cl)c3)c2C(=O)N1. The van der Waals surface area contributed by atoms with Gasteiger partial charge < -0.3 is 15.2 Å². The largest absolute Gasteiger partial charge is 0.346 e. The van der Waals surface area contributed by atoms with Crippen LogP contribution in [-0.2, 0) is 6.54 Å². The third kappa shape index (κ3) is 2.62. The Hall–Kier alpha value is -2.34. The Bertz CT molecular complexity index is 726. The average Bonchev–Trinajstić information content (AvgIpc) is 2.82. The van der Waals surface area contributed by atoms with Gasteiger partial charge in [-0.25, -0.2) is 4.98 Å². The highest BCUT2D eigenvalue weighted by molar-refractivity contribution is 6.31. The van der Waals surface area contributed by atoms with Crippen LogP contribution in [0.2, 0.25) is 5.02 Å². The van der Waals surface area contributed by atoms with Crippen LogP contribution < -0.4 is 10.6 Å². The number of aromatic nitrogens is 2. The zero-order chi connectivity index (χ0) is 15.0. The fourth-order valence-electron chi connectivity index (χ4n) is 2.31. The van der Waals surface area contributed by atoms with Crippen molar-refractivity contribution in [3.8, 4) is 0 Å². The summed E-state index contributed by atoms with van der Waals surface area (Å²) in [6, 6.07) is 6.81. The van der Waals surface area contributed by atoms with Crippen LogP contribution in [-0.4, -0.2) is 27.4 Å². The number of nitrogens with one attached hydrogen (secondary N) is 2. The molecule has 0 bridgehead atoms. The van der Waals surface area contributed by atoms with Gasteiger partial charge in [-0.3, -0.25) is 9.59 Å². The number of carbonyl (C=O) groups excluding carboxylic acids is 2. The molecule has 1 aromatic carbocycles. The maximum absolute atomic E-state index is 12.3.